The maximum Gasteiger partial charge on any atom is 0.284 e. The summed E-state index contributed by atoms with van der Waals surface area (Å²) in [5.41, 5.74) is 3.16. The highest BCUT2D eigenvalue weighted by atomic mass is 32.1. The Bertz CT molecular complexity index is 1150. The van der Waals surface area contributed by atoms with E-state index in [4.69, 9.17) is 4.74 Å². The number of fused-ring (bicyclic) bond motifs is 1. The Kier molecular flexibility index (Phi) is 5.08. The summed E-state index contributed by atoms with van der Waals surface area (Å²) in [5, 5.41) is 12.1. The Balaban J connectivity index is 1.33. The van der Waals surface area contributed by atoms with E-state index in [9.17, 15) is 4.79 Å². The molecule has 0 saturated carbocycles. The molecule has 1 amide bonds. The van der Waals surface area contributed by atoms with Crippen LogP contribution >= 0.6 is 11.3 Å². The largest absolute Gasteiger partial charge is 0.378 e. The van der Waals surface area contributed by atoms with E-state index in [1.54, 1.807) is 0 Å². The molecule has 8 heteroatoms. The van der Waals surface area contributed by atoms with Crippen molar-refractivity contribution >= 4 is 39.0 Å². The Morgan fingerprint density at radius 1 is 1.00 bits per heavy atom. The lowest BCUT2D eigenvalue weighted by Gasteiger charge is -2.27. The van der Waals surface area contributed by atoms with Crippen molar-refractivity contribution in [2.24, 2.45) is 0 Å². The zero-order valence-electron chi connectivity index (χ0n) is 16.1. The van der Waals surface area contributed by atoms with Crippen molar-refractivity contribution in [1.29, 1.82) is 0 Å². The fraction of sp³-hybridized carbons (Fsp3) is 0.182. The number of rotatable bonds is 4. The number of aromatic nitrogens is 3. The monoisotopic (exact) mass is 417 g/mol. The summed E-state index contributed by atoms with van der Waals surface area (Å²) in [6.45, 7) is 3.06. The van der Waals surface area contributed by atoms with Crippen molar-refractivity contribution in [3.8, 4) is 11.3 Å². The number of nitrogens with zero attached hydrogens (tertiary/aromatic N) is 4. The molecule has 0 unspecified atom stereocenters. The Morgan fingerprint density at radius 3 is 2.67 bits per heavy atom. The van der Waals surface area contributed by atoms with Gasteiger partial charge in [-0.15, -0.1) is 21.5 Å². The van der Waals surface area contributed by atoms with Gasteiger partial charge in [-0.1, -0.05) is 24.3 Å². The lowest BCUT2D eigenvalue weighted by Crippen LogP contribution is -2.36. The van der Waals surface area contributed by atoms with Crippen LogP contribution in [0.15, 0.2) is 60.7 Å². The van der Waals surface area contributed by atoms with Gasteiger partial charge in [0.1, 0.15) is 0 Å². The molecular formula is C22H19N5O2S. The molecule has 1 fully saturated rings. The van der Waals surface area contributed by atoms with Gasteiger partial charge in [0, 0.05) is 24.3 Å². The van der Waals surface area contributed by atoms with Crippen molar-refractivity contribution in [2.75, 3.05) is 36.5 Å². The molecule has 1 saturated heterocycles. The molecule has 5 rings (SSSR count). The van der Waals surface area contributed by atoms with Crippen LogP contribution in [-0.2, 0) is 4.74 Å². The van der Waals surface area contributed by atoms with E-state index in [1.807, 2.05) is 60.7 Å². The molecule has 3 heterocycles. The SMILES string of the molecule is O=C(Nc1cccc(-c2ccc(N3CCOCC3)nn2)c1)c1nc2ccccc2s1. The lowest BCUT2D eigenvalue weighted by molar-refractivity contribution is 0.102. The van der Waals surface area contributed by atoms with Gasteiger partial charge in [0.15, 0.2) is 10.8 Å². The first-order valence-electron chi connectivity index (χ1n) is 9.70. The summed E-state index contributed by atoms with van der Waals surface area (Å²) in [4.78, 5) is 19.2. The van der Waals surface area contributed by atoms with Crippen LogP contribution in [0, 0.1) is 0 Å². The first-order valence-corrected chi connectivity index (χ1v) is 10.5. The molecule has 0 radical (unpaired) electrons. The van der Waals surface area contributed by atoms with Crippen LogP contribution < -0.4 is 10.2 Å². The maximum atomic E-state index is 12.6. The quantitative estimate of drug-likeness (QED) is 0.543. The fourth-order valence-corrected chi connectivity index (χ4v) is 4.21. The third-order valence-electron chi connectivity index (χ3n) is 4.89. The van der Waals surface area contributed by atoms with E-state index in [-0.39, 0.29) is 5.91 Å². The summed E-state index contributed by atoms with van der Waals surface area (Å²) < 4.78 is 6.37. The molecule has 0 aliphatic carbocycles. The Morgan fingerprint density at radius 2 is 1.87 bits per heavy atom. The number of hydrogen-bond donors (Lipinski definition) is 1. The number of thiazole rings is 1. The van der Waals surface area contributed by atoms with Gasteiger partial charge in [-0.25, -0.2) is 4.98 Å². The summed E-state index contributed by atoms with van der Waals surface area (Å²) >= 11 is 1.38. The Labute approximate surface area is 177 Å². The third-order valence-corrected chi connectivity index (χ3v) is 5.93. The van der Waals surface area contributed by atoms with Crippen LogP contribution in [0.5, 0.6) is 0 Å². The summed E-state index contributed by atoms with van der Waals surface area (Å²) in [5.74, 6) is 0.629. The molecule has 1 N–H and O–H groups in total. The topological polar surface area (TPSA) is 80.2 Å². The molecule has 7 nitrogen and oxygen atoms in total. The molecule has 30 heavy (non-hydrogen) atoms. The molecule has 1 aliphatic heterocycles. The molecule has 1 aliphatic rings. The van der Waals surface area contributed by atoms with Crippen molar-refractivity contribution in [3.05, 3.63) is 65.7 Å². The number of para-hydroxylation sites is 1. The predicted molar refractivity (Wildman–Crippen MR) is 118 cm³/mol. The first kappa shape index (κ1) is 18.7. The number of hydrogen-bond acceptors (Lipinski definition) is 7. The number of morpholine rings is 1. The van der Waals surface area contributed by atoms with E-state index in [0.717, 1.165) is 40.4 Å². The van der Waals surface area contributed by atoms with Gasteiger partial charge < -0.3 is 15.0 Å². The minimum absolute atomic E-state index is 0.220. The normalized spacial score (nSPS) is 14.1. The van der Waals surface area contributed by atoms with Crippen molar-refractivity contribution in [3.63, 3.8) is 0 Å². The van der Waals surface area contributed by atoms with Crippen LogP contribution in [0.2, 0.25) is 0 Å². The lowest BCUT2D eigenvalue weighted by atomic mass is 10.1. The van der Waals surface area contributed by atoms with Crippen molar-refractivity contribution in [2.45, 2.75) is 0 Å². The van der Waals surface area contributed by atoms with E-state index in [2.05, 4.69) is 25.4 Å². The molecule has 150 valence electrons. The van der Waals surface area contributed by atoms with E-state index in [1.165, 1.54) is 11.3 Å². The average molecular weight is 417 g/mol. The second-order valence-corrected chi connectivity index (χ2v) is 7.93. The molecule has 4 aromatic rings. The van der Waals surface area contributed by atoms with Gasteiger partial charge in [-0.3, -0.25) is 4.79 Å². The maximum absolute atomic E-state index is 12.6. The molecule has 2 aromatic carbocycles. The van der Waals surface area contributed by atoms with Gasteiger partial charge in [0.05, 0.1) is 29.1 Å². The first-order chi connectivity index (χ1) is 14.8. The van der Waals surface area contributed by atoms with Crippen LogP contribution in [0.3, 0.4) is 0 Å². The van der Waals surface area contributed by atoms with E-state index >= 15 is 0 Å². The predicted octanol–water partition coefficient (Wildman–Crippen LogP) is 3.84. The molecule has 0 bridgehead atoms. The van der Waals surface area contributed by atoms with Gasteiger partial charge in [0.25, 0.3) is 5.91 Å². The summed E-state index contributed by atoms with van der Waals surface area (Å²) in [7, 11) is 0. The third kappa shape index (κ3) is 3.87. The van der Waals surface area contributed by atoms with E-state index < -0.39 is 0 Å². The zero-order valence-corrected chi connectivity index (χ0v) is 16.9. The second-order valence-electron chi connectivity index (χ2n) is 6.90. The number of ether oxygens (including phenoxy) is 1. The minimum Gasteiger partial charge on any atom is -0.378 e. The smallest absolute Gasteiger partial charge is 0.284 e. The standard InChI is InChI=1S/C22H19N5O2S/c28-21(22-24-18-6-1-2-7-19(18)30-22)23-16-5-3-4-15(14-16)17-8-9-20(26-25-17)27-10-12-29-13-11-27/h1-9,14H,10-13H2,(H,23,28). The zero-order chi connectivity index (χ0) is 20.3. The average Bonchev–Trinajstić information content (AvgIpc) is 3.25. The number of nitrogens with one attached hydrogen (secondary N) is 1. The van der Waals surface area contributed by atoms with Crippen molar-refractivity contribution in [1.82, 2.24) is 15.2 Å². The van der Waals surface area contributed by atoms with Gasteiger partial charge in [-0.2, -0.15) is 0 Å². The Hall–Kier alpha value is -3.36. The van der Waals surface area contributed by atoms with Gasteiger partial charge in [-0.05, 0) is 36.4 Å². The van der Waals surface area contributed by atoms with Crippen LogP contribution in [0.1, 0.15) is 9.80 Å². The summed E-state index contributed by atoms with van der Waals surface area (Å²) in [6, 6.07) is 19.2. The second kappa shape index (κ2) is 8.17. The van der Waals surface area contributed by atoms with Gasteiger partial charge in [0.2, 0.25) is 0 Å². The number of anilines is 2. The molecule has 0 spiro atoms. The number of benzene rings is 2. The summed E-state index contributed by atoms with van der Waals surface area (Å²) in [6.07, 6.45) is 0. The minimum atomic E-state index is -0.220. The highest BCUT2D eigenvalue weighted by molar-refractivity contribution is 7.20. The van der Waals surface area contributed by atoms with Crippen molar-refractivity contribution < 1.29 is 9.53 Å². The van der Waals surface area contributed by atoms with Gasteiger partial charge >= 0.3 is 0 Å². The highest BCUT2D eigenvalue weighted by Crippen LogP contribution is 2.25. The van der Waals surface area contributed by atoms with Crippen LogP contribution in [0.4, 0.5) is 11.5 Å². The molecular weight excluding hydrogens is 398 g/mol. The number of carbonyl (C=O) groups is 1. The molecule has 2 aromatic heterocycles. The number of carbonyl (C=O) groups excluding carboxylic acids is 1. The fourth-order valence-electron chi connectivity index (χ4n) is 3.35. The van der Waals surface area contributed by atoms with Crippen LogP contribution in [-0.4, -0.2) is 47.4 Å². The highest BCUT2D eigenvalue weighted by Gasteiger charge is 2.14. The van der Waals surface area contributed by atoms with Crippen LogP contribution in [0.25, 0.3) is 21.5 Å². The molecule has 0 atom stereocenters. The number of amides is 1. The van der Waals surface area contributed by atoms with E-state index in [0.29, 0.717) is 23.9 Å².